The van der Waals surface area contributed by atoms with Gasteiger partial charge < -0.3 is 10.1 Å². The molecule has 4 saturated carbocycles. The molecule has 1 heterocycles. The number of methoxy groups -OCH3 is 1. The Morgan fingerprint density at radius 1 is 1.21 bits per heavy atom. The number of para-hydroxylation sites is 2. The Morgan fingerprint density at radius 2 is 1.89 bits per heavy atom. The molecule has 1 aromatic heterocycles. The number of carbonyl (C=O) groups is 1. The smallest absolute Gasteiger partial charge is 0.230 e. The fraction of sp³-hybridized carbons (Fsp3) is 0.600. The first-order valence-corrected chi connectivity index (χ1v) is 11.0. The first kappa shape index (κ1) is 18.0. The average molecular weight is 400 g/mol. The van der Waals surface area contributed by atoms with Crippen molar-refractivity contribution >= 4 is 17.7 Å². The highest BCUT2D eigenvalue weighted by atomic mass is 32.2. The third-order valence-electron chi connectivity index (χ3n) is 6.53. The lowest BCUT2D eigenvalue weighted by atomic mass is 9.53. The third-order valence-corrected chi connectivity index (χ3v) is 7.45. The molecule has 8 heteroatoms. The van der Waals surface area contributed by atoms with Gasteiger partial charge in [0.15, 0.2) is 0 Å². The van der Waals surface area contributed by atoms with Crippen LogP contribution in [0.4, 0.5) is 0 Å². The summed E-state index contributed by atoms with van der Waals surface area (Å²) >= 11 is 1.36. The molecular formula is C20H25N5O2S. The molecule has 1 N–H and O–H groups in total. The van der Waals surface area contributed by atoms with E-state index in [2.05, 4.69) is 20.8 Å². The molecule has 0 radical (unpaired) electrons. The van der Waals surface area contributed by atoms with Gasteiger partial charge >= 0.3 is 0 Å². The molecular weight excluding hydrogens is 374 g/mol. The summed E-state index contributed by atoms with van der Waals surface area (Å²) in [6, 6.07) is 7.58. The molecule has 0 unspecified atom stereocenters. The fourth-order valence-electron chi connectivity index (χ4n) is 5.95. The molecule has 0 atom stereocenters. The zero-order valence-electron chi connectivity index (χ0n) is 16.0. The van der Waals surface area contributed by atoms with Crippen LogP contribution in [0.2, 0.25) is 0 Å². The zero-order valence-corrected chi connectivity index (χ0v) is 16.8. The van der Waals surface area contributed by atoms with E-state index in [-0.39, 0.29) is 11.4 Å². The number of ether oxygens (including phenoxy) is 1. The van der Waals surface area contributed by atoms with Crippen LogP contribution in [-0.4, -0.2) is 44.5 Å². The Balaban J connectivity index is 1.25. The quantitative estimate of drug-likeness (QED) is 0.752. The molecule has 0 saturated heterocycles. The van der Waals surface area contributed by atoms with Crippen molar-refractivity contribution < 1.29 is 9.53 Å². The van der Waals surface area contributed by atoms with E-state index in [1.165, 1.54) is 31.0 Å². The van der Waals surface area contributed by atoms with Gasteiger partial charge in [-0.25, -0.2) is 0 Å². The van der Waals surface area contributed by atoms with Crippen LogP contribution in [0.5, 0.6) is 5.75 Å². The van der Waals surface area contributed by atoms with Crippen LogP contribution in [0, 0.1) is 17.8 Å². The topological polar surface area (TPSA) is 81.9 Å². The largest absolute Gasteiger partial charge is 0.494 e. The number of aromatic nitrogens is 4. The van der Waals surface area contributed by atoms with E-state index in [9.17, 15) is 4.79 Å². The van der Waals surface area contributed by atoms with Crippen molar-refractivity contribution in [2.45, 2.75) is 49.2 Å². The molecule has 2 aromatic rings. The standard InChI is InChI=1S/C20H25N5O2S/c1-27-17-5-3-2-4-16(17)25-19(22-23-24-25)28-12-18(26)21-20-9-13-6-14(10-20)8-15(7-13)11-20/h2-5,13-15H,6-12H2,1H3,(H,21,26). The number of tetrazole rings is 1. The molecule has 7 nitrogen and oxygen atoms in total. The number of carbonyl (C=O) groups excluding carboxylic acids is 1. The van der Waals surface area contributed by atoms with Crippen molar-refractivity contribution in [2.75, 3.05) is 12.9 Å². The third kappa shape index (κ3) is 3.27. The number of hydrogen-bond acceptors (Lipinski definition) is 6. The monoisotopic (exact) mass is 399 g/mol. The molecule has 0 aliphatic heterocycles. The Labute approximate surface area is 168 Å². The SMILES string of the molecule is COc1ccccc1-n1nnnc1SCC(=O)NC12CC3CC(CC(C3)C1)C2. The number of nitrogens with one attached hydrogen (secondary N) is 1. The van der Waals surface area contributed by atoms with Crippen molar-refractivity contribution in [3.8, 4) is 11.4 Å². The highest BCUT2D eigenvalue weighted by Crippen LogP contribution is 2.55. The minimum atomic E-state index is 0.0426. The van der Waals surface area contributed by atoms with Gasteiger partial charge in [-0.3, -0.25) is 4.79 Å². The molecule has 1 amide bonds. The van der Waals surface area contributed by atoms with Gasteiger partial charge in [-0.15, -0.1) is 5.10 Å². The van der Waals surface area contributed by atoms with Crippen molar-refractivity contribution in [3.63, 3.8) is 0 Å². The number of amides is 1. The molecule has 4 aliphatic rings. The predicted molar refractivity (Wildman–Crippen MR) is 105 cm³/mol. The summed E-state index contributed by atoms with van der Waals surface area (Å²) < 4.78 is 7.03. The van der Waals surface area contributed by atoms with Gasteiger partial charge in [0, 0.05) is 5.54 Å². The van der Waals surface area contributed by atoms with Crippen LogP contribution < -0.4 is 10.1 Å². The summed E-state index contributed by atoms with van der Waals surface area (Å²) in [6.45, 7) is 0. The van der Waals surface area contributed by atoms with Gasteiger partial charge in [0.05, 0.1) is 12.9 Å². The van der Waals surface area contributed by atoms with Gasteiger partial charge in [0.2, 0.25) is 11.1 Å². The average Bonchev–Trinajstić information content (AvgIpc) is 3.13. The van der Waals surface area contributed by atoms with Gasteiger partial charge in [0.1, 0.15) is 11.4 Å². The van der Waals surface area contributed by atoms with Crippen LogP contribution in [0.3, 0.4) is 0 Å². The number of rotatable bonds is 6. The van der Waals surface area contributed by atoms with Crippen molar-refractivity contribution in [1.82, 2.24) is 25.5 Å². The lowest BCUT2D eigenvalue weighted by Crippen LogP contribution is -2.60. The van der Waals surface area contributed by atoms with Crippen molar-refractivity contribution in [2.24, 2.45) is 17.8 Å². The normalized spacial score (nSPS) is 30.4. The van der Waals surface area contributed by atoms with Crippen LogP contribution >= 0.6 is 11.8 Å². The van der Waals surface area contributed by atoms with E-state index in [1.54, 1.807) is 11.8 Å². The Hall–Kier alpha value is -2.09. The van der Waals surface area contributed by atoms with E-state index in [4.69, 9.17) is 4.74 Å². The Morgan fingerprint density at radius 3 is 2.57 bits per heavy atom. The highest BCUT2D eigenvalue weighted by molar-refractivity contribution is 7.99. The number of benzene rings is 1. The highest BCUT2D eigenvalue weighted by Gasteiger charge is 2.51. The second-order valence-corrected chi connectivity index (χ2v) is 9.52. The summed E-state index contributed by atoms with van der Waals surface area (Å²) in [5, 5.41) is 16.0. The summed E-state index contributed by atoms with van der Waals surface area (Å²) in [5.41, 5.74) is 0.806. The minimum Gasteiger partial charge on any atom is -0.494 e. The van der Waals surface area contributed by atoms with Crippen molar-refractivity contribution in [3.05, 3.63) is 24.3 Å². The van der Waals surface area contributed by atoms with E-state index in [0.29, 0.717) is 16.7 Å². The van der Waals surface area contributed by atoms with Crippen LogP contribution in [0.25, 0.3) is 5.69 Å². The fourth-order valence-corrected chi connectivity index (χ4v) is 6.63. The molecule has 1 aromatic carbocycles. The van der Waals surface area contributed by atoms with Crippen molar-refractivity contribution in [1.29, 1.82) is 0 Å². The van der Waals surface area contributed by atoms with Gasteiger partial charge in [-0.2, -0.15) is 4.68 Å². The lowest BCUT2D eigenvalue weighted by molar-refractivity contribution is -0.124. The molecule has 148 valence electrons. The molecule has 4 bridgehead atoms. The molecule has 28 heavy (non-hydrogen) atoms. The maximum atomic E-state index is 12.8. The summed E-state index contributed by atoms with van der Waals surface area (Å²) in [4.78, 5) is 12.8. The second-order valence-electron chi connectivity index (χ2n) is 8.58. The van der Waals surface area contributed by atoms with Crippen LogP contribution in [0.15, 0.2) is 29.4 Å². The number of thioether (sulfide) groups is 1. The van der Waals surface area contributed by atoms with E-state index < -0.39 is 0 Å². The van der Waals surface area contributed by atoms with E-state index >= 15 is 0 Å². The first-order valence-electron chi connectivity index (χ1n) is 10.00. The zero-order chi connectivity index (χ0) is 19.1. The Kier molecular flexibility index (Phi) is 4.53. The maximum Gasteiger partial charge on any atom is 0.230 e. The van der Waals surface area contributed by atoms with Crippen LogP contribution in [-0.2, 0) is 4.79 Å². The summed E-state index contributed by atoms with van der Waals surface area (Å²) in [5.74, 6) is 3.54. The van der Waals surface area contributed by atoms with E-state index in [1.807, 2.05) is 24.3 Å². The molecule has 4 fully saturated rings. The van der Waals surface area contributed by atoms with Gasteiger partial charge in [-0.1, -0.05) is 23.9 Å². The molecule has 0 spiro atoms. The number of hydrogen-bond donors (Lipinski definition) is 1. The first-order chi connectivity index (χ1) is 13.6. The van der Waals surface area contributed by atoms with Gasteiger partial charge in [-0.05, 0) is 78.8 Å². The maximum absolute atomic E-state index is 12.8. The van der Waals surface area contributed by atoms with Gasteiger partial charge in [0.25, 0.3) is 0 Å². The van der Waals surface area contributed by atoms with E-state index in [0.717, 1.165) is 42.7 Å². The summed E-state index contributed by atoms with van der Waals surface area (Å²) in [6.07, 6.45) is 7.60. The minimum absolute atomic E-state index is 0.0426. The molecule has 6 rings (SSSR count). The second kappa shape index (κ2) is 7.06. The van der Waals surface area contributed by atoms with Crippen LogP contribution in [0.1, 0.15) is 38.5 Å². The molecule has 4 aliphatic carbocycles. The Bertz CT molecular complexity index is 848. The summed E-state index contributed by atoms with van der Waals surface area (Å²) in [7, 11) is 1.62. The predicted octanol–water partition coefficient (Wildman–Crippen LogP) is 2.85. The lowest BCUT2D eigenvalue weighted by Gasteiger charge is -2.56. The number of nitrogens with zero attached hydrogens (tertiary/aromatic N) is 4.